The van der Waals surface area contributed by atoms with Crippen LogP contribution in [0.5, 0.6) is 5.75 Å². The molecule has 2 aliphatic rings. The number of hydrogen-bond acceptors (Lipinski definition) is 3. The minimum atomic E-state index is -4.43. The van der Waals surface area contributed by atoms with Crippen LogP contribution in [0.25, 0.3) is 0 Å². The van der Waals surface area contributed by atoms with Crippen molar-refractivity contribution in [3.8, 4) is 5.75 Å². The lowest BCUT2D eigenvalue weighted by molar-refractivity contribution is -0.137. The molecule has 1 amide bonds. The van der Waals surface area contributed by atoms with E-state index < -0.39 is 35.1 Å². The van der Waals surface area contributed by atoms with Crippen molar-refractivity contribution in [2.75, 3.05) is 6.54 Å². The highest BCUT2D eigenvalue weighted by molar-refractivity contribution is 5.70. The van der Waals surface area contributed by atoms with Gasteiger partial charge in [0.1, 0.15) is 23.0 Å². The summed E-state index contributed by atoms with van der Waals surface area (Å²) in [6.45, 7) is 7.66. The van der Waals surface area contributed by atoms with E-state index in [0.29, 0.717) is 24.9 Å². The molecule has 0 radical (unpaired) electrons. The number of carbonyl (C=O) groups excluding carboxylic acids is 1. The first kappa shape index (κ1) is 17.9. The summed E-state index contributed by atoms with van der Waals surface area (Å²) in [5.74, 6) is 0.192. The largest absolute Gasteiger partial charge is 0.485 e. The van der Waals surface area contributed by atoms with E-state index in [4.69, 9.17) is 9.47 Å². The van der Waals surface area contributed by atoms with Gasteiger partial charge in [0.2, 0.25) is 0 Å². The van der Waals surface area contributed by atoms with E-state index in [1.807, 2.05) is 6.92 Å². The second kappa shape index (κ2) is 5.54. The lowest BCUT2D eigenvalue weighted by Crippen LogP contribution is -2.52. The minimum absolute atomic E-state index is 0.192. The summed E-state index contributed by atoms with van der Waals surface area (Å²) in [6.07, 6.45) is -3.54. The predicted octanol–water partition coefficient (Wildman–Crippen LogP) is 4.93. The van der Waals surface area contributed by atoms with Gasteiger partial charge in [0, 0.05) is 12.1 Å². The van der Waals surface area contributed by atoms with Crippen LogP contribution in [0, 0.1) is 0 Å². The van der Waals surface area contributed by atoms with Gasteiger partial charge in [-0.1, -0.05) is 6.07 Å². The van der Waals surface area contributed by atoms with Crippen LogP contribution in [0.15, 0.2) is 18.2 Å². The number of alkyl halides is 3. The zero-order chi connectivity index (χ0) is 18.6. The molecule has 138 valence electrons. The van der Waals surface area contributed by atoms with Gasteiger partial charge in [-0.2, -0.15) is 13.2 Å². The van der Waals surface area contributed by atoms with Crippen molar-refractivity contribution in [3.63, 3.8) is 0 Å². The first-order valence-corrected chi connectivity index (χ1v) is 8.30. The van der Waals surface area contributed by atoms with Crippen molar-refractivity contribution < 1.29 is 27.4 Å². The van der Waals surface area contributed by atoms with E-state index in [1.165, 1.54) is 6.07 Å². The van der Waals surface area contributed by atoms with Gasteiger partial charge in [-0.25, -0.2) is 4.79 Å². The van der Waals surface area contributed by atoms with Crippen LogP contribution >= 0.6 is 0 Å². The molecular formula is C18H22F3NO3. The monoisotopic (exact) mass is 357 g/mol. The lowest BCUT2D eigenvalue weighted by Gasteiger charge is -2.43. The molecule has 1 fully saturated rings. The first-order chi connectivity index (χ1) is 11.4. The molecule has 0 N–H and O–H groups in total. The number of benzene rings is 1. The number of fused-ring (bicyclic) bond motifs is 3. The average molecular weight is 357 g/mol. The first-order valence-electron chi connectivity index (χ1n) is 8.30. The van der Waals surface area contributed by atoms with Gasteiger partial charge in [-0.15, -0.1) is 0 Å². The third-order valence-corrected chi connectivity index (χ3v) is 4.57. The standard InChI is InChI=1S/C18H22F3NO3/c1-16(2,3)25-15(23)22-9-5-8-17(4)14(22)12-7-6-11(18(19,20)21)10-13(12)24-17/h6-7,10,14H,5,8-9H2,1-4H3/t14?,17-/m0/s1. The summed E-state index contributed by atoms with van der Waals surface area (Å²) in [7, 11) is 0. The third kappa shape index (κ3) is 3.28. The van der Waals surface area contributed by atoms with Gasteiger partial charge in [0.05, 0.1) is 5.56 Å². The Morgan fingerprint density at radius 3 is 2.60 bits per heavy atom. The molecule has 0 aliphatic carbocycles. The molecule has 4 nitrogen and oxygen atoms in total. The molecule has 0 bridgehead atoms. The fourth-order valence-electron chi connectivity index (χ4n) is 3.59. The van der Waals surface area contributed by atoms with Crippen molar-refractivity contribution in [3.05, 3.63) is 29.3 Å². The molecule has 2 heterocycles. The van der Waals surface area contributed by atoms with Crippen LogP contribution in [-0.2, 0) is 10.9 Å². The Morgan fingerprint density at radius 2 is 2.00 bits per heavy atom. The summed E-state index contributed by atoms with van der Waals surface area (Å²) >= 11 is 0. The highest BCUT2D eigenvalue weighted by atomic mass is 19.4. The van der Waals surface area contributed by atoms with Crippen LogP contribution in [0.1, 0.15) is 57.7 Å². The van der Waals surface area contributed by atoms with E-state index in [-0.39, 0.29) is 5.75 Å². The number of amides is 1. The summed E-state index contributed by atoms with van der Waals surface area (Å²) < 4.78 is 50.3. The van der Waals surface area contributed by atoms with Crippen LogP contribution in [0.2, 0.25) is 0 Å². The van der Waals surface area contributed by atoms with Gasteiger partial charge in [0.15, 0.2) is 0 Å². The molecule has 1 aromatic carbocycles. The van der Waals surface area contributed by atoms with Crippen LogP contribution in [0.4, 0.5) is 18.0 Å². The van der Waals surface area contributed by atoms with Crippen LogP contribution in [-0.4, -0.2) is 28.7 Å². The quantitative estimate of drug-likeness (QED) is 0.661. The maximum Gasteiger partial charge on any atom is 0.416 e. The maximum absolute atomic E-state index is 13.0. The number of rotatable bonds is 0. The topological polar surface area (TPSA) is 38.8 Å². The molecule has 0 aromatic heterocycles. The third-order valence-electron chi connectivity index (χ3n) is 4.57. The second-order valence-corrected chi connectivity index (χ2v) is 7.84. The highest BCUT2D eigenvalue weighted by Crippen LogP contribution is 2.52. The molecule has 0 spiro atoms. The molecule has 25 heavy (non-hydrogen) atoms. The number of piperidine rings is 1. The average Bonchev–Trinajstić information content (AvgIpc) is 2.75. The predicted molar refractivity (Wildman–Crippen MR) is 85.4 cm³/mol. The van der Waals surface area contributed by atoms with E-state index in [2.05, 4.69) is 0 Å². The van der Waals surface area contributed by atoms with Gasteiger partial charge < -0.3 is 9.47 Å². The molecule has 1 saturated heterocycles. The normalized spacial score (nSPS) is 25.9. The van der Waals surface area contributed by atoms with Gasteiger partial charge in [-0.3, -0.25) is 4.90 Å². The Kier molecular flexibility index (Phi) is 3.96. The fraction of sp³-hybridized carbons (Fsp3) is 0.611. The molecule has 0 saturated carbocycles. The number of likely N-dealkylation sites (tertiary alicyclic amines) is 1. The van der Waals surface area contributed by atoms with Gasteiger partial charge >= 0.3 is 12.3 Å². The van der Waals surface area contributed by atoms with Crippen molar-refractivity contribution >= 4 is 6.09 Å². The number of hydrogen-bond donors (Lipinski definition) is 0. The Balaban J connectivity index is 1.97. The Labute approximate surface area is 144 Å². The van der Waals surface area contributed by atoms with E-state index in [9.17, 15) is 18.0 Å². The van der Waals surface area contributed by atoms with E-state index >= 15 is 0 Å². The molecule has 2 atom stereocenters. The van der Waals surface area contributed by atoms with Crippen molar-refractivity contribution in [2.45, 2.75) is 64.0 Å². The molecule has 1 aromatic rings. The van der Waals surface area contributed by atoms with Crippen LogP contribution < -0.4 is 4.74 Å². The summed E-state index contributed by atoms with van der Waals surface area (Å²) in [4.78, 5) is 14.2. The van der Waals surface area contributed by atoms with E-state index in [0.717, 1.165) is 12.1 Å². The van der Waals surface area contributed by atoms with E-state index in [1.54, 1.807) is 25.7 Å². The molecular weight excluding hydrogens is 335 g/mol. The maximum atomic E-state index is 13.0. The second-order valence-electron chi connectivity index (χ2n) is 7.84. The highest BCUT2D eigenvalue weighted by Gasteiger charge is 2.52. The Hall–Kier alpha value is -1.92. The number of carbonyl (C=O) groups is 1. The van der Waals surface area contributed by atoms with Crippen molar-refractivity contribution in [1.29, 1.82) is 0 Å². The number of nitrogens with zero attached hydrogens (tertiary/aromatic N) is 1. The Morgan fingerprint density at radius 1 is 1.32 bits per heavy atom. The Bertz CT molecular complexity index is 696. The minimum Gasteiger partial charge on any atom is -0.485 e. The fourth-order valence-corrected chi connectivity index (χ4v) is 3.59. The lowest BCUT2D eigenvalue weighted by atomic mass is 9.84. The van der Waals surface area contributed by atoms with Gasteiger partial charge in [-0.05, 0) is 52.7 Å². The van der Waals surface area contributed by atoms with Crippen molar-refractivity contribution in [1.82, 2.24) is 4.90 Å². The molecule has 1 unspecified atom stereocenters. The smallest absolute Gasteiger partial charge is 0.416 e. The number of ether oxygens (including phenoxy) is 2. The van der Waals surface area contributed by atoms with Crippen molar-refractivity contribution in [2.24, 2.45) is 0 Å². The van der Waals surface area contributed by atoms with Crippen LogP contribution in [0.3, 0.4) is 0 Å². The molecule has 7 heteroatoms. The number of halogens is 3. The van der Waals surface area contributed by atoms with Gasteiger partial charge in [0.25, 0.3) is 0 Å². The zero-order valence-corrected chi connectivity index (χ0v) is 14.7. The summed E-state index contributed by atoms with van der Waals surface area (Å²) in [6, 6.07) is 3.02. The zero-order valence-electron chi connectivity index (χ0n) is 14.7. The molecule has 3 rings (SSSR count). The summed E-state index contributed by atoms with van der Waals surface area (Å²) in [5, 5.41) is 0. The molecule has 2 aliphatic heterocycles. The SMILES string of the molecule is CC(C)(C)OC(=O)N1CCC[C@]2(C)Oc3cc(C(F)(F)F)ccc3C12. The summed E-state index contributed by atoms with van der Waals surface area (Å²) in [5.41, 5.74) is -1.55.